The second kappa shape index (κ2) is 5.97. The number of aromatic nitrogens is 3. The molecule has 1 aromatic heterocycles. The van der Waals surface area contributed by atoms with Crippen molar-refractivity contribution in [1.29, 1.82) is 0 Å². The van der Waals surface area contributed by atoms with Gasteiger partial charge in [-0.3, -0.25) is 0 Å². The lowest BCUT2D eigenvalue weighted by Crippen LogP contribution is -2.09. The summed E-state index contributed by atoms with van der Waals surface area (Å²) in [6, 6.07) is 16.0. The van der Waals surface area contributed by atoms with Crippen LogP contribution in [0.15, 0.2) is 61.2 Å². The Balaban J connectivity index is 1.86. The van der Waals surface area contributed by atoms with Crippen LogP contribution in [0.2, 0.25) is 5.02 Å². The van der Waals surface area contributed by atoms with Crippen molar-refractivity contribution in [3.8, 4) is 5.69 Å². The van der Waals surface area contributed by atoms with E-state index in [-0.39, 0.29) is 6.04 Å². The molecule has 1 atom stereocenters. The molecule has 3 aromatic rings. The van der Waals surface area contributed by atoms with Crippen LogP contribution < -0.4 is 5.32 Å². The number of anilines is 1. The predicted molar refractivity (Wildman–Crippen MR) is 84.8 cm³/mol. The molecule has 0 saturated heterocycles. The van der Waals surface area contributed by atoms with Crippen LogP contribution in [0.1, 0.15) is 18.5 Å². The first-order valence-electron chi connectivity index (χ1n) is 6.70. The SMILES string of the molecule is CC(Nc1ccccc1-n1cncn1)c1ccc(Cl)cc1. The Labute approximate surface area is 128 Å². The highest BCUT2D eigenvalue weighted by Crippen LogP contribution is 2.25. The highest BCUT2D eigenvalue weighted by Gasteiger charge is 2.09. The lowest BCUT2D eigenvalue weighted by molar-refractivity contribution is 0.852. The molecule has 0 aliphatic carbocycles. The molecule has 106 valence electrons. The predicted octanol–water partition coefficient (Wildman–Crippen LogP) is 4.09. The Morgan fingerprint density at radius 3 is 2.57 bits per heavy atom. The topological polar surface area (TPSA) is 42.7 Å². The second-order valence-electron chi connectivity index (χ2n) is 4.77. The van der Waals surface area contributed by atoms with E-state index >= 15 is 0 Å². The maximum Gasteiger partial charge on any atom is 0.138 e. The van der Waals surface area contributed by atoms with Crippen LogP contribution in [0.25, 0.3) is 5.69 Å². The van der Waals surface area contributed by atoms with E-state index in [0.717, 1.165) is 16.4 Å². The fraction of sp³-hybridized carbons (Fsp3) is 0.125. The van der Waals surface area contributed by atoms with E-state index in [1.807, 2.05) is 48.5 Å². The van der Waals surface area contributed by atoms with Gasteiger partial charge in [-0.05, 0) is 36.8 Å². The van der Waals surface area contributed by atoms with Gasteiger partial charge in [0.1, 0.15) is 12.7 Å². The second-order valence-corrected chi connectivity index (χ2v) is 5.21. The van der Waals surface area contributed by atoms with Gasteiger partial charge in [-0.25, -0.2) is 9.67 Å². The summed E-state index contributed by atoms with van der Waals surface area (Å²) in [6.07, 6.45) is 3.22. The molecule has 0 bridgehead atoms. The van der Waals surface area contributed by atoms with Gasteiger partial charge in [-0.1, -0.05) is 35.9 Å². The summed E-state index contributed by atoms with van der Waals surface area (Å²) in [5.74, 6) is 0. The molecule has 0 fully saturated rings. The first-order chi connectivity index (χ1) is 10.2. The zero-order chi connectivity index (χ0) is 14.7. The van der Waals surface area contributed by atoms with E-state index in [4.69, 9.17) is 11.6 Å². The van der Waals surface area contributed by atoms with E-state index in [1.165, 1.54) is 11.9 Å². The molecule has 5 heteroatoms. The Hall–Kier alpha value is -2.33. The van der Waals surface area contributed by atoms with E-state index in [2.05, 4.69) is 22.3 Å². The number of nitrogens with zero attached hydrogens (tertiary/aromatic N) is 3. The summed E-state index contributed by atoms with van der Waals surface area (Å²) >= 11 is 5.93. The summed E-state index contributed by atoms with van der Waals surface area (Å²) in [5, 5.41) is 8.43. The number of para-hydroxylation sites is 2. The number of halogens is 1. The number of rotatable bonds is 4. The van der Waals surface area contributed by atoms with Crippen molar-refractivity contribution in [3.05, 3.63) is 71.8 Å². The lowest BCUT2D eigenvalue weighted by Gasteiger charge is -2.18. The first-order valence-corrected chi connectivity index (χ1v) is 7.08. The Kier molecular flexibility index (Phi) is 3.88. The standard InChI is InChI=1S/C16H15ClN4/c1-12(13-6-8-14(17)9-7-13)20-15-4-2-3-5-16(15)21-11-18-10-19-21/h2-12,20H,1H3. The van der Waals surface area contributed by atoms with Crippen LogP contribution in [0, 0.1) is 0 Å². The minimum atomic E-state index is 0.159. The van der Waals surface area contributed by atoms with Gasteiger partial charge in [0.25, 0.3) is 0 Å². The number of hydrogen-bond donors (Lipinski definition) is 1. The highest BCUT2D eigenvalue weighted by molar-refractivity contribution is 6.30. The normalized spacial score (nSPS) is 12.1. The summed E-state index contributed by atoms with van der Waals surface area (Å²) in [4.78, 5) is 4.00. The summed E-state index contributed by atoms with van der Waals surface area (Å²) in [6.45, 7) is 2.11. The number of nitrogens with one attached hydrogen (secondary N) is 1. The van der Waals surface area contributed by atoms with Crippen LogP contribution in [0.3, 0.4) is 0 Å². The smallest absolute Gasteiger partial charge is 0.138 e. The van der Waals surface area contributed by atoms with E-state index in [1.54, 1.807) is 11.0 Å². The average molecular weight is 299 g/mol. The van der Waals surface area contributed by atoms with Crippen LogP contribution in [-0.2, 0) is 0 Å². The zero-order valence-electron chi connectivity index (χ0n) is 11.6. The van der Waals surface area contributed by atoms with Crippen LogP contribution >= 0.6 is 11.6 Å². The van der Waals surface area contributed by atoms with Gasteiger partial charge < -0.3 is 5.32 Å². The molecule has 1 unspecified atom stereocenters. The van der Waals surface area contributed by atoms with E-state index in [9.17, 15) is 0 Å². The van der Waals surface area contributed by atoms with Gasteiger partial charge in [0.15, 0.2) is 0 Å². The summed E-state index contributed by atoms with van der Waals surface area (Å²) < 4.78 is 1.75. The van der Waals surface area contributed by atoms with Gasteiger partial charge >= 0.3 is 0 Å². The van der Waals surface area contributed by atoms with E-state index in [0.29, 0.717) is 0 Å². The monoisotopic (exact) mass is 298 g/mol. The van der Waals surface area contributed by atoms with Crippen molar-refractivity contribution < 1.29 is 0 Å². The van der Waals surface area contributed by atoms with Gasteiger partial charge in [-0.15, -0.1) is 0 Å². The molecule has 0 spiro atoms. The van der Waals surface area contributed by atoms with Crippen LogP contribution in [0.5, 0.6) is 0 Å². The number of hydrogen-bond acceptors (Lipinski definition) is 3. The fourth-order valence-electron chi connectivity index (χ4n) is 2.20. The molecule has 0 aliphatic rings. The van der Waals surface area contributed by atoms with Gasteiger partial charge in [-0.2, -0.15) is 5.10 Å². The first kappa shape index (κ1) is 13.6. The van der Waals surface area contributed by atoms with Gasteiger partial charge in [0, 0.05) is 11.1 Å². The van der Waals surface area contributed by atoms with Crippen molar-refractivity contribution in [2.24, 2.45) is 0 Å². The zero-order valence-corrected chi connectivity index (χ0v) is 12.3. The van der Waals surface area contributed by atoms with Gasteiger partial charge in [0.05, 0.1) is 11.4 Å². The molecule has 21 heavy (non-hydrogen) atoms. The minimum Gasteiger partial charge on any atom is -0.377 e. The molecule has 0 radical (unpaired) electrons. The lowest BCUT2D eigenvalue weighted by atomic mass is 10.1. The molecular formula is C16H15ClN4. The van der Waals surface area contributed by atoms with Crippen molar-refractivity contribution >= 4 is 17.3 Å². The third-order valence-corrected chi connectivity index (χ3v) is 3.56. The van der Waals surface area contributed by atoms with Crippen molar-refractivity contribution in [2.45, 2.75) is 13.0 Å². The Morgan fingerprint density at radius 2 is 1.86 bits per heavy atom. The highest BCUT2D eigenvalue weighted by atomic mass is 35.5. The molecule has 4 nitrogen and oxygen atoms in total. The largest absolute Gasteiger partial charge is 0.377 e. The fourth-order valence-corrected chi connectivity index (χ4v) is 2.32. The molecule has 0 aliphatic heterocycles. The molecule has 0 saturated carbocycles. The Bertz CT molecular complexity index is 707. The van der Waals surface area contributed by atoms with Gasteiger partial charge in [0.2, 0.25) is 0 Å². The van der Waals surface area contributed by atoms with Crippen molar-refractivity contribution in [3.63, 3.8) is 0 Å². The molecule has 3 rings (SSSR count). The molecule has 1 heterocycles. The van der Waals surface area contributed by atoms with Crippen molar-refractivity contribution in [2.75, 3.05) is 5.32 Å². The average Bonchev–Trinajstić information content (AvgIpc) is 3.02. The maximum atomic E-state index is 5.93. The minimum absolute atomic E-state index is 0.159. The number of benzene rings is 2. The molecule has 2 aromatic carbocycles. The summed E-state index contributed by atoms with van der Waals surface area (Å²) in [5.41, 5.74) is 3.15. The van der Waals surface area contributed by atoms with Crippen molar-refractivity contribution in [1.82, 2.24) is 14.8 Å². The third-order valence-electron chi connectivity index (χ3n) is 3.31. The van der Waals surface area contributed by atoms with Crippen LogP contribution in [-0.4, -0.2) is 14.8 Å². The molecular weight excluding hydrogens is 284 g/mol. The maximum absolute atomic E-state index is 5.93. The third kappa shape index (κ3) is 3.06. The summed E-state index contributed by atoms with van der Waals surface area (Å²) in [7, 11) is 0. The molecule has 1 N–H and O–H groups in total. The van der Waals surface area contributed by atoms with E-state index < -0.39 is 0 Å². The van der Waals surface area contributed by atoms with Crippen LogP contribution in [0.4, 0.5) is 5.69 Å². The molecule has 0 amide bonds. The quantitative estimate of drug-likeness (QED) is 0.789. The Morgan fingerprint density at radius 1 is 1.10 bits per heavy atom.